The summed E-state index contributed by atoms with van der Waals surface area (Å²) in [6.07, 6.45) is 0. The van der Waals surface area contributed by atoms with E-state index in [0.717, 1.165) is 43.7 Å². The monoisotopic (exact) mass is 475 g/mol. The fourth-order valence-corrected chi connectivity index (χ4v) is 5.48. The first-order valence-corrected chi connectivity index (χ1v) is 11.7. The fraction of sp³-hybridized carbons (Fsp3) is 0.318. The van der Waals surface area contributed by atoms with E-state index >= 15 is 0 Å². The Hall–Kier alpha value is -2.12. The number of anilines is 1. The Kier molecular flexibility index (Phi) is 5.92. The topological polar surface area (TPSA) is 64.0 Å². The third-order valence-electron chi connectivity index (χ3n) is 5.37. The Morgan fingerprint density at radius 1 is 1.00 bits per heavy atom. The molecule has 0 radical (unpaired) electrons. The van der Waals surface area contributed by atoms with Crippen LogP contribution in [0.1, 0.15) is 39.2 Å². The molecular weight excluding hydrogens is 450 g/mol. The molecule has 0 aliphatic carbocycles. The summed E-state index contributed by atoms with van der Waals surface area (Å²) in [5.41, 5.74) is 6.98. The standard InChI is InChI=1S/C22H26BrN3O2S/c1-13-10-14(2)16(4)22(15(13)3)29(27,28)25-20-9-7-8-19(11-20)12-26-18(6)21(23)17(5)24-26/h7-11,25H,12H2,1-6H3. The Morgan fingerprint density at radius 3 is 2.17 bits per heavy atom. The zero-order valence-electron chi connectivity index (χ0n) is 17.6. The Morgan fingerprint density at radius 2 is 1.62 bits per heavy atom. The van der Waals surface area contributed by atoms with Gasteiger partial charge >= 0.3 is 0 Å². The van der Waals surface area contributed by atoms with E-state index in [1.165, 1.54) is 0 Å². The van der Waals surface area contributed by atoms with Crippen molar-refractivity contribution in [3.8, 4) is 0 Å². The number of halogens is 1. The molecule has 1 N–H and O–H groups in total. The van der Waals surface area contributed by atoms with Crippen molar-refractivity contribution in [1.82, 2.24) is 9.78 Å². The summed E-state index contributed by atoms with van der Waals surface area (Å²) < 4.78 is 32.0. The highest BCUT2D eigenvalue weighted by Crippen LogP contribution is 2.28. The third-order valence-corrected chi connectivity index (χ3v) is 8.17. The molecule has 7 heteroatoms. The Bertz CT molecular complexity index is 1170. The zero-order chi connectivity index (χ0) is 21.5. The second-order valence-electron chi connectivity index (χ2n) is 7.54. The van der Waals surface area contributed by atoms with E-state index in [4.69, 9.17) is 0 Å². The van der Waals surface area contributed by atoms with Crippen molar-refractivity contribution < 1.29 is 8.42 Å². The number of aromatic nitrogens is 2. The van der Waals surface area contributed by atoms with Gasteiger partial charge in [0.05, 0.1) is 27.3 Å². The number of sulfonamides is 1. The maximum absolute atomic E-state index is 13.2. The molecule has 0 saturated heterocycles. The molecule has 3 rings (SSSR count). The normalized spacial score (nSPS) is 11.7. The van der Waals surface area contributed by atoms with Crippen LogP contribution < -0.4 is 4.72 Å². The molecule has 1 heterocycles. The highest BCUT2D eigenvalue weighted by molar-refractivity contribution is 9.10. The maximum Gasteiger partial charge on any atom is 0.262 e. The van der Waals surface area contributed by atoms with Crippen LogP contribution in [0.15, 0.2) is 39.7 Å². The lowest BCUT2D eigenvalue weighted by Crippen LogP contribution is -2.17. The second kappa shape index (κ2) is 7.95. The SMILES string of the molecule is Cc1cc(C)c(C)c(S(=O)(=O)Nc2cccc(Cn3nc(C)c(Br)c3C)c2)c1C. The van der Waals surface area contributed by atoms with Gasteiger partial charge in [0.25, 0.3) is 10.0 Å². The summed E-state index contributed by atoms with van der Waals surface area (Å²) in [5.74, 6) is 0. The molecule has 1 aromatic heterocycles. The first-order valence-electron chi connectivity index (χ1n) is 9.40. The van der Waals surface area contributed by atoms with Gasteiger partial charge in [-0.2, -0.15) is 5.10 Å². The minimum Gasteiger partial charge on any atom is -0.280 e. The quantitative estimate of drug-likeness (QED) is 0.540. The number of aryl methyl sites for hydroxylation is 3. The molecule has 0 unspecified atom stereocenters. The average Bonchev–Trinajstić information content (AvgIpc) is 2.87. The fourth-order valence-electron chi connectivity index (χ4n) is 3.53. The van der Waals surface area contributed by atoms with E-state index in [9.17, 15) is 8.42 Å². The van der Waals surface area contributed by atoms with Gasteiger partial charge in [0.15, 0.2) is 0 Å². The molecule has 0 saturated carbocycles. The molecule has 154 valence electrons. The molecule has 2 aromatic carbocycles. The molecule has 0 bridgehead atoms. The van der Waals surface area contributed by atoms with Gasteiger partial charge in [0.2, 0.25) is 0 Å². The molecule has 0 amide bonds. The molecule has 29 heavy (non-hydrogen) atoms. The van der Waals surface area contributed by atoms with Crippen molar-refractivity contribution in [2.24, 2.45) is 0 Å². The van der Waals surface area contributed by atoms with E-state index in [0.29, 0.717) is 17.1 Å². The van der Waals surface area contributed by atoms with Crippen LogP contribution in [0.3, 0.4) is 0 Å². The molecule has 0 spiro atoms. The number of rotatable bonds is 5. The highest BCUT2D eigenvalue weighted by atomic mass is 79.9. The lowest BCUT2D eigenvalue weighted by Gasteiger charge is -2.17. The van der Waals surface area contributed by atoms with Crippen LogP contribution in [-0.2, 0) is 16.6 Å². The molecule has 0 aliphatic rings. The van der Waals surface area contributed by atoms with Crippen LogP contribution in [-0.4, -0.2) is 18.2 Å². The van der Waals surface area contributed by atoms with Crippen molar-refractivity contribution in [3.05, 3.63) is 74.0 Å². The third kappa shape index (κ3) is 4.26. The number of hydrogen-bond acceptors (Lipinski definition) is 3. The predicted octanol–water partition coefficient (Wildman–Crippen LogP) is 5.35. The number of benzene rings is 2. The first kappa shape index (κ1) is 21.6. The Labute approximate surface area is 181 Å². The van der Waals surface area contributed by atoms with Gasteiger partial charge in [-0.15, -0.1) is 0 Å². The largest absolute Gasteiger partial charge is 0.280 e. The van der Waals surface area contributed by atoms with Crippen LogP contribution in [0, 0.1) is 41.5 Å². The van der Waals surface area contributed by atoms with Gasteiger partial charge < -0.3 is 0 Å². The lowest BCUT2D eigenvalue weighted by molar-refractivity contribution is 0.599. The van der Waals surface area contributed by atoms with E-state index in [2.05, 4.69) is 25.8 Å². The van der Waals surface area contributed by atoms with Gasteiger partial charge in [-0.3, -0.25) is 9.40 Å². The number of nitrogens with one attached hydrogen (secondary N) is 1. The van der Waals surface area contributed by atoms with Gasteiger partial charge in [0, 0.05) is 5.69 Å². The average molecular weight is 476 g/mol. The minimum atomic E-state index is -3.70. The van der Waals surface area contributed by atoms with Crippen molar-refractivity contribution >= 4 is 31.6 Å². The number of nitrogens with zero attached hydrogens (tertiary/aromatic N) is 2. The first-order chi connectivity index (χ1) is 13.5. The molecule has 5 nitrogen and oxygen atoms in total. The summed E-state index contributed by atoms with van der Waals surface area (Å²) in [4.78, 5) is 0.364. The van der Waals surface area contributed by atoms with Crippen LogP contribution in [0.25, 0.3) is 0 Å². The zero-order valence-corrected chi connectivity index (χ0v) is 20.0. The summed E-state index contributed by atoms with van der Waals surface area (Å²) in [5, 5.41) is 4.53. The summed E-state index contributed by atoms with van der Waals surface area (Å²) >= 11 is 3.54. The van der Waals surface area contributed by atoms with Crippen LogP contribution in [0.2, 0.25) is 0 Å². The molecule has 3 aromatic rings. The van der Waals surface area contributed by atoms with Crippen molar-refractivity contribution in [2.45, 2.75) is 53.0 Å². The maximum atomic E-state index is 13.2. The smallest absolute Gasteiger partial charge is 0.262 e. The van der Waals surface area contributed by atoms with Crippen molar-refractivity contribution in [1.29, 1.82) is 0 Å². The molecule has 0 fully saturated rings. The van der Waals surface area contributed by atoms with Gasteiger partial charge in [-0.25, -0.2) is 8.42 Å². The van der Waals surface area contributed by atoms with E-state index in [1.54, 1.807) is 6.07 Å². The van der Waals surface area contributed by atoms with Crippen molar-refractivity contribution in [3.63, 3.8) is 0 Å². The molecule has 0 atom stereocenters. The minimum absolute atomic E-state index is 0.364. The lowest BCUT2D eigenvalue weighted by atomic mass is 10.0. The van der Waals surface area contributed by atoms with Crippen LogP contribution in [0.4, 0.5) is 5.69 Å². The van der Waals surface area contributed by atoms with Gasteiger partial charge in [0.1, 0.15) is 0 Å². The van der Waals surface area contributed by atoms with Crippen molar-refractivity contribution in [2.75, 3.05) is 4.72 Å². The summed E-state index contributed by atoms with van der Waals surface area (Å²) in [6, 6.07) is 9.47. The molecule has 0 aliphatic heterocycles. The van der Waals surface area contributed by atoms with E-state index in [-0.39, 0.29) is 0 Å². The van der Waals surface area contributed by atoms with Crippen LogP contribution >= 0.6 is 15.9 Å². The predicted molar refractivity (Wildman–Crippen MR) is 121 cm³/mol. The Balaban J connectivity index is 1.93. The number of hydrogen-bond donors (Lipinski definition) is 1. The van der Waals surface area contributed by atoms with Gasteiger partial charge in [-0.05, 0) is 97.4 Å². The highest BCUT2D eigenvalue weighted by Gasteiger charge is 2.22. The van der Waals surface area contributed by atoms with Crippen LogP contribution in [0.5, 0.6) is 0 Å². The summed E-state index contributed by atoms with van der Waals surface area (Å²) in [7, 11) is -3.70. The molecular formula is C22H26BrN3O2S. The summed E-state index contributed by atoms with van der Waals surface area (Å²) in [6.45, 7) is 12.1. The van der Waals surface area contributed by atoms with Gasteiger partial charge in [-0.1, -0.05) is 18.2 Å². The second-order valence-corrected chi connectivity index (χ2v) is 9.95. The van der Waals surface area contributed by atoms with E-state index < -0.39 is 10.0 Å². The van der Waals surface area contributed by atoms with E-state index in [1.807, 2.05) is 70.5 Å².